The minimum absolute atomic E-state index is 0.0623. The van der Waals surface area contributed by atoms with Gasteiger partial charge in [-0.15, -0.1) is 0 Å². The maximum Gasteiger partial charge on any atom is 0.159 e. The summed E-state index contributed by atoms with van der Waals surface area (Å²) in [6.07, 6.45) is 6.19. The Morgan fingerprint density at radius 1 is 1.09 bits per heavy atom. The lowest BCUT2D eigenvalue weighted by Crippen LogP contribution is -2.62. The van der Waals surface area contributed by atoms with Crippen LogP contribution in [0.2, 0.25) is 30.7 Å². The fourth-order valence-electron chi connectivity index (χ4n) is 7.26. The number of aromatic nitrogens is 4. The van der Waals surface area contributed by atoms with Crippen LogP contribution in [0.15, 0.2) is 12.3 Å². The zero-order valence-electron chi connectivity index (χ0n) is 29.6. The molecule has 0 bridgehead atoms. The van der Waals surface area contributed by atoms with Gasteiger partial charge in [0.15, 0.2) is 12.0 Å². The number of fused-ring (bicyclic) bond motifs is 1. The van der Waals surface area contributed by atoms with Crippen molar-refractivity contribution >= 4 is 36.4 Å². The molecule has 3 aromatic rings. The first-order chi connectivity index (χ1) is 22.5. The molecule has 3 atom stereocenters. The molecule has 5 heterocycles. The van der Waals surface area contributed by atoms with E-state index < -0.39 is 8.07 Å². The van der Waals surface area contributed by atoms with E-state index in [-0.39, 0.29) is 17.9 Å². The van der Waals surface area contributed by atoms with Gasteiger partial charge in [-0.25, -0.2) is 9.36 Å². The Kier molecular flexibility index (Phi) is 10.7. The predicted molar refractivity (Wildman–Crippen MR) is 191 cm³/mol. The Morgan fingerprint density at radius 2 is 1.91 bits per heavy atom. The number of rotatable bonds is 11. The van der Waals surface area contributed by atoms with Crippen LogP contribution in [0.3, 0.4) is 0 Å². The van der Waals surface area contributed by atoms with E-state index in [1.165, 1.54) is 0 Å². The van der Waals surface area contributed by atoms with Crippen molar-refractivity contribution in [2.45, 2.75) is 104 Å². The highest BCUT2D eigenvalue weighted by molar-refractivity contribution is 6.76. The quantitative estimate of drug-likeness (QED) is 0.160. The maximum absolute atomic E-state index is 7.32. The van der Waals surface area contributed by atoms with Gasteiger partial charge >= 0.3 is 0 Å². The standard InChI is InChI=1S/C35H55ClN6O4Si/c1-8-35(4)23-39(21-27-22-43-15-16-45-27)12-13-40(35)34-31(26(3)41(38-34)24-44-17-18-47(5,6)7)32-28-20-37-42(30-11-9-10-14-46-30)29(28)19-25(2)33(32)36/h19-20,27,30H,8-18,21-24H2,1-7H3/t27-,30?,35+/m1/s1. The van der Waals surface area contributed by atoms with Crippen LogP contribution in [-0.2, 0) is 25.7 Å². The highest BCUT2D eigenvalue weighted by Crippen LogP contribution is 2.46. The van der Waals surface area contributed by atoms with E-state index in [0.29, 0.717) is 26.6 Å². The van der Waals surface area contributed by atoms with Crippen molar-refractivity contribution in [3.63, 3.8) is 0 Å². The summed E-state index contributed by atoms with van der Waals surface area (Å²) in [6, 6.07) is 3.28. The van der Waals surface area contributed by atoms with Crippen molar-refractivity contribution in [3.8, 4) is 11.1 Å². The second kappa shape index (κ2) is 14.5. The topological polar surface area (TPSA) is 79.0 Å². The third kappa shape index (κ3) is 7.46. The van der Waals surface area contributed by atoms with Crippen molar-refractivity contribution in [2.75, 3.05) is 64.1 Å². The van der Waals surface area contributed by atoms with Gasteiger partial charge in [-0.1, -0.05) is 38.2 Å². The lowest BCUT2D eigenvalue weighted by Gasteiger charge is -2.50. The van der Waals surface area contributed by atoms with Gasteiger partial charge in [-0.2, -0.15) is 10.2 Å². The van der Waals surface area contributed by atoms with Crippen molar-refractivity contribution in [3.05, 3.63) is 28.5 Å². The van der Waals surface area contributed by atoms with Crippen molar-refractivity contribution in [1.29, 1.82) is 0 Å². The molecule has 10 nitrogen and oxygen atoms in total. The molecule has 0 spiro atoms. The molecule has 3 saturated heterocycles. The molecule has 0 radical (unpaired) electrons. The molecular formula is C35H55ClN6O4Si. The van der Waals surface area contributed by atoms with Crippen LogP contribution in [0.5, 0.6) is 0 Å². The molecule has 3 fully saturated rings. The highest BCUT2D eigenvalue weighted by Gasteiger charge is 2.41. The number of piperazine rings is 1. The molecule has 3 aliphatic rings. The van der Waals surface area contributed by atoms with Gasteiger partial charge in [-0.05, 0) is 64.1 Å². The van der Waals surface area contributed by atoms with Crippen molar-refractivity contribution in [2.24, 2.45) is 0 Å². The monoisotopic (exact) mass is 686 g/mol. The van der Waals surface area contributed by atoms with Gasteiger partial charge in [0.1, 0.15) is 6.73 Å². The summed E-state index contributed by atoms with van der Waals surface area (Å²) in [4.78, 5) is 5.07. The van der Waals surface area contributed by atoms with E-state index >= 15 is 0 Å². The minimum atomic E-state index is -1.22. The average Bonchev–Trinajstić information content (AvgIpc) is 3.61. The maximum atomic E-state index is 7.32. The van der Waals surface area contributed by atoms with E-state index in [1.807, 2.05) is 10.9 Å². The summed E-state index contributed by atoms with van der Waals surface area (Å²) in [5.74, 6) is 0.966. The zero-order valence-corrected chi connectivity index (χ0v) is 31.4. The van der Waals surface area contributed by atoms with Crippen LogP contribution in [-0.4, -0.2) is 103 Å². The fraction of sp³-hybridized carbons (Fsp3) is 0.714. The zero-order chi connectivity index (χ0) is 33.3. The Bertz CT molecular complexity index is 1530. The first kappa shape index (κ1) is 34.9. The molecule has 0 aliphatic carbocycles. The first-order valence-electron chi connectivity index (χ1n) is 17.6. The van der Waals surface area contributed by atoms with Crippen LogP contribution in [0.4, 0.5) is 5.82 Å². The minimum Gasteiger partial charge on any atom is -0.376 e. The third-order valence-electron chi connectivity index (χ3n) is 10.3. The summed E-state index contributed by atoms with van der Waals surface area (Å²) in [5.41, 5.74) is 5.04. The lowest BCUT2D eigenvalue weighted by molar-refractivity contribution is -0.0996. The number of hydrogen-bond donors (Lipinski definition) is 0. The number of anilines is 1. The molecular weight excluding hydrogens is 632 g/mol. The Morgan fingerprint density at radius 3 is 2.62 bits per heavy atom. The molecule has 1 aromatic carbocycles. The van der Waals surface area contributed by atoms with Gasteiger partial charge in [0, 0.05) is 69.7 Å². The summed E-state index contributed by atoms with van der Waals surface area (Å²) >= 11 is 7.32. The largest absolute Gasteiger partial charge is 0.376 e. The van der Waals surface area contributed by atoms with E-state index in [0.717, 1.165) is 115 Å². The number of nitrogens with zero attached hydrogens (tertiary/aromatic N) is 6. The molecule has 0 saturated carbocycles. The van der Waals surface area contributed by atoms with Crippen LogP contribution in [0, 0.1) is 13.8 Å². The van der Waals surface area contributed by atoms with Crippen molar-refractivity contribution in [1.82, 2.24) is 24.5 Å². The van der Waals surface area contributed by atoms with E-state index in [2.05, 4.69) is 67.9 Å². The summed E-state index contributed by atoms with van der Waals surface area (Å²) < 4.78 is 28.3. The number of benzene rings is 1. The van der Waals surface area contributed by atoms with E-state index in [4.69, 9.17) is 40.7 Å². The fourth-order valence-corrected chi connectivity index (χ4v) is 8.26. The molecule has 12 heteroatoms. The van der Waals surface area contributed by atoms with E-state index in [1.54, 1.807) is 0 Å². The molecule has 3 aliphatic heterocycles. The Balaban J connectivity index is 1.41. The number of halogens is 1. The predicted octanol–water partition coefficient (Wildman–Crippen LogP) is 6.89. The van der Waals surface area contributed by atoms with Crippen LogP contribution in [0.25, 0.3) is 22.0 Å². The summed E-state index contributed by atoms with van der Waals surface area (Å²) in [7, 11) is -1.22. The first-order valence-corrected chi connectivity index (χ1v) is 21.7. The average molecular weight is 687 g/mol. The Hall–Kier alpha value is -1.99. The number of ether oxygens (including phenoxy) is 4. The lowest BCUT2D eigenvalue weighted by atomic mass is 9.91. The molecule has 0 amide bonds. The highest BCUT2D eigenvalue weighted by atomic mass is 35.5. The summed E-state index contributed by atoms with van der Waals surface area (Å²) in [6.45, 7) is 23.5. The van der Waals surface area contributed by atoms with Gasteiger partial charge < -0.3 is 23.8 Å². The number of hydrogen-bond acceptors (Lipinski definition) is 8. The molecule has 47 heavy (non-hydrogen) atoms. The SMILES string of the molecule is CC[C@@]1(C)CN(C[C@@H]2COCCO2)CCN1c1nn(COCC[Si](C)(C)C)c(C)c1-c1c(Cl)c(C)cc2c1cnn2C1CCCCO1. The third-order valence-corrected chi connectivity index (χ3v) is 12.5. The second-order valence-electron chi connectivity index (χ2n) is 15.2. The normalized spacial score (nSPS) is 24.8. The summed E-state index contributed by atoms with van der Waals surface area (Å²) in [5, 5.41) is 12.0. The molecule has 2 aromatic heterocycles. The van der Waals surface area contributed by atoms with Crippen LogP contribution < -0.4 is 4.90 Å². The molecule has 260 valence electrons. The van der Waals surface area contributed by atoms with Gasteiger partial charge in [-0.3, -0.25) is 4.90 Å². The second-order valence-corrected chi connectivity index (χ2v) is 21.2. The van der Waals surface area contributed by atoms with Crippen LogP contribution in [0.1, 0.15) is 57.0 Å². The van der Waals surface area contributed by atoms with Crippen LogP contribution >= 0.6 is 11.6 Å². The molecule has 0 N–H and O–H groups in total. The van der Waals surface area contributed by atoms with E-state index in [9.17, 15) is 0 Å². The molecule has 6 rings (SSSR count). The van der Waals surface area contributed by atoms with Gasteiger partial charge in [0.25, 0.3) is 0 Å². The smallest absolute Gasteiger partial charge is 0.159 e. The van der Waals surface area contributed by atoms with Crippen molar-refractivity contribution < 1.29 is 18.9 Å². The van der Waals surface area contributed by atoms with Gasteiger partial charge in [0.05, 0.1) is 48.2 Å². The Labute approximate surface area is 286 Å². The number of aryl methyl sites for hydroxylation is 1. The van der Waals surface area contributed by atoms with Gasteiger partial charge in [0.2, 0.25) is 0 Å². The molecule has 1 unspecified atom stereocenters.